The second-order valence-corrected chi connectivity index (χ2v) is 8.92. The minimum atomic E-state index is -4.43. The highest BCUT2D eigenvalue weighted by Crippen LogP contribution is 2.30. The molecular formula is C24H31F3N6O2. The summed E-state index contributed by atoms with van der Waals surface area (Å²) < 4.78 is 44.0. The highest BCUT2D eigenvalue weighted by atomic mass is 19.4. The summed E-state index contributed by atoms with van der Waals surface area (Å²) in [6.45, 7) is 5.31. The average molecular weight is 493 g/mol. The van der Waals surface area contributed by atoms with Crippen molar-refractivity contribution in [3.63, 3.8) is 0 Å². The van der Waals surface area contributed by atoms with Crippen molar-refractivity contribution in [1.82, 2.24) is 19.8 Å². The molecule has 0 saturated carbocycles. The minimum absolute atomic E-state index is 0.0838. The fourth-order valence-electron chi connectivity index (χ4n) is 4.55. The molecule has 2 fully saturated rings. The van der Waals surface area contributed by atoms with Crippen LogP contribution in [0.3, 0.4) is 0 Å². The summed E-state index contributed by atoms with van der Waals surface area (Å²) in [5.41, 5.74) is 0.600. The van der Waals surface area contributed by atoms with Crippen molar-refractivity contribution in [2.75, 3.05) is 63.1 Å². The van der Waals surface area contributed by atoms with Gasteiger partial charge in [0.05, 0.1) is 30.2 Å². The Labute approximate surface area is 203 Å². The van der Waals surface area contributed by atoms with Crippen molar-refractivity contribution in [1.29, 1.82) is 0 Å². The molecule has 2 aromatic rings. The number of alkyl halides is 3. The van der Waals surface area contributed by atoms with Crippen LogP contribution < -0.4 is 15.0 Å². The number of piperidine rings is 1. The van der Waals surface area contributed by atoms with E-state index in [1.165, 1.54) is 6.20 Å². The van der Waals surface area contributed by atoms with E-state index in [-0.39, 0.29) is 11.9 Å². The molecule has 0 aromatic carbocycles. The Balaban J connectivity index is 1.21. The molecule has 35 heavy (non-hydrogen) atoms. The Kier molecular flexibility index (Phi) is 7.94. The summed E-state index contributed by atoms with van der Waals surface area (Å²) >= 11 is 0. The van der Waals surface area contributed by atoms with Gasteiger partial charge in [0.1, 0.15) is 0 Å². The van der Waals surface area contributed by atoms with Crippen molar-refractivity contribution in [3.8, 4) is 5.88 Å². The standard InChI is InChI=1S/C24H31F3N6O2/c1-35-22-5-4-21(16-29-22)32-11-9-31(10-12-32)8-6-23(34)33-7-2-3-19(17-33)30-20-13-18(14-28-15-20)24(25,26)27/h4-5,13-16,19,30H,2-3,6-12,17H2,1H3. The molecule has 0 aliphatic carbocycles. The van der Waals surface area contributed by atoms with Gasteiger partial charge in [-0.2, -0.15) is 13.2 Å². The maximum absolute atomic E-state index is 13.0. The predicted molar refractivity (Wildman–Crippen MR) is 127 cm³/mol. The van der Waals surface area contributed by atoms with Gasteiger partial charge < -0.3 is 19.9 Å². The van der Waals surface area contributed by atoms with Gasteiger partial charge in [0, 0.05) is 76.7 Å². The van der Waals surface area contributed by atoms with Gasteiger partial charge >= 0.3 is 6.18 Å². The monoisotopic (exact) mass is 492 g/mol. The van der Waals surface area contributed by atoms with Crippen molar-refractivity contribution in [3.05, 3.63) is 42.4 Å². The highest BCUT2D eigenvalue weighted by molar-refractivity contribution is 5.76. The number of likely N-dealkylation sites (tertiary alicyclic amines) is 1. The number of nitrogens with one attached hydrogen (secondary N) is 1. The van der Waals surface area contributed by atoms with Crippen molar-refractivity contribution >= 4 is 17.3 Å². The number of carbonyl (C=O) groups is 1. The fraction of sp³-hybridized carbons (Fsp3) is 0.542. The van der Waals surface area contributed by atoms with Gasteiger partial charge in [0.25, 0.3) is 0 Å². The lowest BCUT2D eigenvalue weighted by atomic mass is 10.0. The first-order chi connectivity index (χ1) is 16.8. The van der Waals surface area contributed by atoms with Gasteiger partial charge in [0.15, 0.2) is 0 Å². The maximum Gasteiger partial charge on any atom is 0.417 e. The molecule has 11 heteroatoms. The summed E-state index contributed by atoms with van der Waals surface area (Å²) in [4.78, 5) is 27.2. The summed E-state index contributed by atoms with van der Waals surface area (Å²) in [6.07, 6.45) is 1.62. The van der Waals surface area contributed by atoms with E-state index >= 15 is 0 Å². The van der Waals surface area contributed by atoms with E-state index in [4.69, 9.17) is 4.74 Å². The van der Waals surface area contributed by atoms with E-state index in [0.717, 1.165) is 57.0 Å². The first-order valence-corrected chi connectivity index (χ1v) is 11.9. The number of pyridine rings is 2. The quantitative estimate of drug-likeness (QED) is 0.637. The van der Waals surface area contributed by atoms with Crippen LogP contribution in [-0.4, -0.2) is 84.6 Å². The van der Waals surface area contributed by atoms with Crippen molar-refractivity contribution in [2.45, 2.75) is 31.5 Å². The third kappa shape index (κ3) is 6.74. The molecule has 2 saturated heterocycles. The van der Waals surface area contributed by atoms with Gasteiger partial charge in [-0.15, -0.1) is 0 Å². The Bertz CT molecular complexity index is 980. The summed E-state index contributed by atoms with van der Waals surface area (Å²) in [6, 6.07) is 4.82. The number of rotatable bonds is 7. The third-order valence-electron chi connectivity index (χ3n) is 6.52. The Hall–Kier alpha value is -3.08. The van der Waals surface area contributed by atoms with E-state index in [0.29, 0.717) is 37.6 Å². The topological polar surface area (TPSA) is 73.8 Å². The van der Waals surface area contributed by atoms with Gasteiger partial charge in [-0.1, -0.05) is 0 Å². The van der Waals surface area contributed by atoms with Crippen LogP contribution in [0.4, 0.5) is 24.5 Å². The molecule has 4 heterocycles. The molecule has 1 N–H and O–H groups in total. The molecule has 0 radical (unpaired) electrons. The summed E-state index contributed by atoms with van der Waals surface area (Å²) in [5, 5.41) is 3.13. The number of nitrogens with zero attached hydrogens (tertiary/aromatic N) is 5. The number of carbonyl (C=O) groups excluding carboxylic acids is 1. The number of amides is 1. The van der Waals surface area contributed by atoms with E-state index in [1.54, 1.807) is 7.11 Å². The van der Waals surface area contributed by atoms with Gasteiger partial charge in [-0.05, 0) is 25.0 Å². The molecule has 190 valence electrons. The molecule has 8 nitrogen and oxygen atoms in total. The largest absolute Gasteiger partial charge is 0.481 e. The van der Waals surface area contributed by atoms with Crippen LogP contribution in [0.2, 0.25) is 0 Å². The molecule has 2 aliphatic rings. The molecule has 2 aromatic heterocycles. The zero-order chi connectivity index (χ0) is 24.8. The molecule has 1 atom stereocenters. The van der Waals surface area contributed by atoms with E-state index in [9.17, 15) is 18.0 Å². The number of aromatic nitrogens is 2. The first kappa shape index (κ1) is 25.0. The second kappa shape index (κ2) is 11.1. The molecule has 4 rings (SSSR count). The Morgan fingerprint density at radius 3 is 2.63 bits per heavy atom. The number of ether oxygens (including phenoxy) is 1. The lowest BCUT2D eigenvalue weighted by molar-refractivity contribution is -0.137. The van der Waals surface area contributed by atoms with Crippen LogP contribution in [0.1, 0.15) is 24.8 Å². The maximum atomic E-state index is 13.0. The van der Waals surface area contributed by atoms with Crippen LogP contribution in [-0.2, 0) is 11.0 Å². The molecule has 2 aliphatic heterocycles. The van der Waals surface area contributed by atoms with Gasteiger partial charge in [0.2, 0.25) is 11.8 Å². The average Bonchev–Trinajstić information content (AvgIpc) is 2.87. The van der Waals surface area contributed by atoms with E-state index in [1.807, 2.05) is 23.2 Å². The van der Waals surface area contributed by atoms with Crippen LogP contribution in [0.15, 0.2) is 36.8 Å². The summed E-state index contributed by atoms with van der Waals surface area (Å²) in [5.74, 6) is 0.674. The van der Waals surface area contributed by atoms with Crippen LogP contribution in [0.5, 0.6) is 5.88 Å². The van der Waals surface area contributed by atoms with E-state index < -0.39 is 11.7 Å². The lowest BCUT2D eigenvalue weighted by Crippen LogP contribution is -2.49. The number of methoxy groups -OCH3 is 1. The number of piperazine rings is 1. The highest BCUT2D eigenvalue weighted by Gasteiger charge is 2.31. The van der Waals surface area contributed by atoms with Crippen molar-refractivity contribution < 1.29 is 22.7 Å². The van der Waals surface area contributed by atoms with Crippen molar-refractivity contribution in [2.24, 2.45) is 0 Å². The van der Waals surface area contributed by atoms with Gasteiger partial charge in [-0.3, -0.25) is 14.7 Å². The van der Waals surface area contributed by atoms with Crippen LogP contribution in [0.25, 0.3) is 0 Å². The molecule has 1 unspecified atom stereocenters. The Morgan fingerprint density at radius 1 is 1.14 bits per heavy atom. The van der Waals surface area contributed by atoms with Crippen LogP contribution in [0, 0.1) is 0 Å². The van der Waals surface area contributed by atoms with Crippen LogP contribution >= 0.6 is 0 Å². The zero-order valence-corrected chi connectivity index (χ0v) is 19.8. The smallest absolute Gasteiger partial charge is 0.417 e. The van der Waals surface area contributed by atoms with Gasteiger partial charge in [-0.25, -0.2) is 4.98 Å². The zero-order valence-electron chi connectivity index (χ0n) is 19.8. The molecule has 1 amide bonds. The third-order valence-corrected chi connectivity index (χ3v) is 6.52. The SMILES string of the molecule is COc1ccc(N2CCN(CCC(=O)N3CCCC(Nc4cncc(C(F)(F)F)c4)C3)CC2)cn1. The second-order valence-electron chi connectivity index (χ2n) is 8.92. The normalized spacial score (nSPS) is 19.5. The molecular weight excluding hydrogens is 461 g/mol. The lowest BCUT2D eigenvalue weighted by Gasteiger charge is -2.37. The fourth-order valence-corrected chi connectivity index (χ4v) is 4.55. The van der Waals surface area contributed by atoms with E-state index in [2.05, 4.69) is 25.1 Å². The minimum Gasteiger partial charge on any atom is -0.481 e. The predicted octanol–water partition coefficient (Wildman–Crippen LogP) is 3.12. The molecule has 0 spiro atoms. The summed E-state index contributed by atoms with van der Waals surface area (Å²) in [7, 11) is 1.59. The Morgan fingerprint density at radius 2 is 1.94 bits per heavy atom. The number of anilines is 2. The molecule has 0 bridgehead atoms. The number of halogens is 3. The first-order valence-electron chi connectivity index (χ1n) is 11.9. The number of hydrogen-bond acceptors (Lipinski definition) is 7. The number of hydrogen-bond donors (Lipinski definition) is 1.